The SMILES string of the molecule is Nc1ccccc1Cc1c(O)ccc2ccccc12. The minimum absolute atomic E-state index is 0.321. The largest absolute Gasteiger partial charge is 0.508 e. The van der Waals surface area contributed by atoms with Crippen LogP contribution in [0.2, 0.25) is 0 Å². The molecule has 0 bridgehead atoms. The number of benzene rings is 3. The van der Waals surface area contributed by atoms with E-state index in [1.54, 1.807) is 6.07 Å². The number of phenols is 1. The van der Waals surface area contributed by atoms with E-state index >= 15 is 0 Å². The van der Waals surface area contributed by atoms with Gasteiger partial charge in [0.05, 0.1) is 0 Å². The number of fused-ring (bicyclic) bond motifs is 1. The van der Waals surface area contributed by atoms with E-state index in [4.69, 9.17) is 5.73 Å². The molecule has 0 fully saturated rings. The molecule has 0 aliphatic rings. The molecule has 0 radical (unpaired) electrons. The van der Waals surface area contributed by atoms with E-state index in [2.05, 4.69) is 0 Å². The molecule has 0 heterocycles. The second kappa shape index (κ2) is 4.65. The number of hydrogen-bond acceptors (Lipinski definition) is 2. The van der Waals surface area contributed by atoms with Crippen LogP contribution in [-0.2, 0) is 6.42 Å². The first kappa shape index (κ1) is 11.6. The highest BCUT2D eigenvalue weighted by atomic mass is 16.3. The van der Waals surface area contributed by atoms with Crippen molar-refractivity contribution < 1.29 is 5.11 Å². The van der Waals surface area contributed by atoms with Crippen LogP contribution in [0, 0.1) is 0 Å². The van der Waals surface area contributed by atoms with Crippen LogP contribution >= 0.6 is 0 Å². The lowest BCUT2D eigenvalue weighted by Crippen LogP contribution is -1.96. The lowest BCUT2D eigenvalue weighted by Gasteiger charge is -2.10. The maximum absolute atomic E-state index is 10.1. The molecule has 0 spiro atoms. The molecule has 3 rings (SSSR count). The summed E-state index contributed by atoms with van der Waals surface area (Å²) in [7, 11) is 0. The summed E-state index contributed by atoms with van der Waals surface area (Å²) in [6.45, 7) is 0. The van der Waals surface area contributed by atoms with Gasteiger partial charge in [0, 0.05) is 17.7 Å². The van der Waals surface area contributed by atoms with Crippen molar-refractivity contribution in [2.45, 2.75) is 6.42 Å². The molecule has 0 aromatic heterocycles. The van der Waals surface area contributed by atoms with Gasteiger partial charge in [-0.2, -0.15) is 0 Å². The Balaban J connectivity index is 2.15. The number of phenolic OH excluding ortho intramolecular Hbond substituents is 1. The number of aromatic hydroxyl groups is 1. The number of hydrogen-bond donors (Lipinski definition) is 2. The quantitative estimate of drug-likeness (QED) is 0.680. The van der Waals surface area contributed by atoms with Gasteiger partial charge < -0.3 is 10.8 Å². The van der Waals surface area contributed by atoms with Crippen molar-refractivity contribution in [2.24, 2.45) is 0 Å². The average molecular weight is 249 g/mol. The minimum atomic E-state index is 0.321. The zero-order chi connectivity index (χ0) is 13.2. The molecule has 0 amide bonds. The van der Waals surface area contributed by atoms with Crippen LogP contribution in [0.5, 0.6) is 5.75 Å². The third-order valence-electron chi connectivity index (χ3n) is 3.44. The monoisotopic (exact) mass is 249 g/mol. The van der Waals surface area contributed by atoms with E-state index in [1.807, 2.05) is 54.6 Å². The van der Waals surface area contributed by atoms with Gasteiger partial charge in [0.25, 0.3) is 0 Å². The second-order valence-electron chi connectivity index (χ2n) is 4.66. The zero-order valence-corrected chi connectivity index (χ0v) is 10.5. The number of rotatable bonds is 2. The molecule has 0 saturated carbocycles. The van der Waals surface area contributed by atoms with E-state index in [-0.39, 0.29) is 0 Å². The number of nitrogen functional groups attached to an aromatic ring is 1. The summed E-state index contributed by atoms with van der Waals surface area (Å²) < 4.78 is 0. The molecule has 0 atom stereocenters. The fourth-order valence-corrected chi connectivity index (χ4v) is 2.40. The summed E-state index contributed by atoms with van der Waals surface area (Å²) >= 11 is 0. The van der Waals surface area contributed by atoms with Crippen molar-refractivity contribution in [2.75, 3.05) is 5.73 Å². The summed E-state index contributed by atoms with van der Waals surface area (Å²) in [4.78, 5) is 0. The Bertz CT molecular complexity index is 734. The zero-order valence-electron chi connectivity index (χ0n) is 10.5. The van der Waals surface area contributed by atoms with Crippen LogP contribution in [0.25, 0.3) is 10.8 Å². The number of para-hydroxylation sites is 1. The Morgan fingerprint density at radius 3 is 2.42 bits per heavy atom. The molecule has 0 aliphatic carbocycles. The van der Waals surface area contributed by atoms with Gasteiger partial charge in [-0.1, -0.05) is 48.5 Å². The van der Waals surface area contributed by atoms with Crippen molar-refractivity contribution in [3.8, 4) is 5.75 Å². The van der Waals surface area contributed by atoms with Gasteiger partial charge in [0.1, 0.15) is 5.75 Å². The number of anilines is 1. The summed E-state index contributed by atoms with van der Waals surface area (Å²) in [5.41, 5.74) is 8.70. The van der Waals surface area contributed by atoms with Crippen molar-refractivity contribution in [1.82, 2.24) is 0 Å². The predicted molar refractivity (Wildman–Crippen MR) is 79.3 cm³/mol. The third-order valence-corrected chi connectivity index (χ3v) is 3.44. The van der Waals surface area contributed by atoms with Gasteiger partial charge in [-0.05, 0) is 28.5 Å². The van der Waals surface area contributed by atoms with Crippen LogP contribution < -0.4 is 5.73 Å². The fourth-order valence-electron chi connectivity index (χ4n) is 2.40. The summed E-state index contributed by atoms with van der Waals surface area (Å²) in [6.07, 6.45) is 0.639. The smallest absolute Gasteiger partial charge is 0.119 e. The van der Waals surface area contributed by atoms with E-state index in [0.29, 0.717) is 12.2 Å². The molecule has 94 valence electrons. The van der Waals surface area contributed by atoms with Crippen molar-refractivity contribution >= 4 is 16.5 Å². The molecular weight excluding hydrogens is 234 g/mol. The Kier molecular flexibility index (Phi) is 2.84. The lowest BCUT2D eigenvalue weighted by molar-refractivity contribution is 0.470. The topological polar surface area (TPSA) is 46.2 Å². The van der Waals surface area contributed by atoms with Crippen LogP contribution in [0.15, 0.2) is 60.7 Å². The highest BCUT2D eigenvalue weighted by Crippen LogP contribution is 2.30. The minimum Gasteiger partial charge on any atom is -0.508 e. The molecular formula is C17H15NO. The van der Waals surface area contributed by atoms with Gasteiger partial charge in [-0.3, -0.25) is 0 Å². The molecule has 3 aromatic carbocycles. The average Bonchev–Trinajstić information content (AvgIpc) is 2.44. The van der Waals surface area contributed by atoms with Gasteiger partial charge in [-0.15, -0.1) is 0 Å². The number of nitrogens with two attached hydrogens (primary N) is 1. The van der Waals surface area contributed by atoms with Gasteiger partial charge in [0.2, 0.25) is 0 Å². The van der Waals surface area contributed by atoms with E-state index in [0.717, 1.165) is 27.6 Å². The molecule has 3 aromatic rings. The van der Waals surface area contributed by atoms with Crippen LogP contribution in [0.1, 0.15) is 11.1 Å². The van der Waals surface area contributed by atoms with Gasteiger partial charge in [-0.25, -0.2) is 0 Å². The first-order chi connectivity index (χ1) is 9.25. The summed E-state index contributed by atoms with van der Waals surface area (Å²) in [5.74, 6) is 0.321. The standard InChI is InChI=1S/C17H15NO/c18-16-8-4-2-6-13(16)11-15-14-7-3-1-5-12(14)9-10-17(15)19/h1-10,19H,11,18H2. The Labute approximate surface area is 112 Å². The first-order valence-electron chi connectivity index (χ1n) is 6.28. The van der Waals surface area contributed by atoms with Gasteiger partial charge >= 0.3 is 0 Å². The molecule has 0 aliphatic heterocycles. The summed E-state index contributed by atoms with van der Waals surface area (Å²) in [6, 6.07) is 19.5. The van der Waals surface area contributed by atoms with E-state index < -0.39 is 0 Å². The Morgan fingerprint density at radius 1 is 0.842 bits per heavy atom. The Hall–Kier alpha value is -2.48. The molecule has 0 unspecified atom stereocenters. The highest BCUT2D eigenvalue weighted by molar-refractivity contribution is 5.88. The van der Waals surface area contributed by atoms with Crippen molar-refractivity contribution in [1.29, 1.82) is 0 Å². The molecule has 3 N–H and O–H groups in total. The normalized spacial score (nSPS) is 10.7. The van der Waals surface area contributed by atoms with Crippen molar-refractivity contribution in [3.05, 3.63) is 71.8 Å². The highest BCUT2D eigenvalue weighted by Gasteiger charge is 2.09. The van der Waals surface area contributed by atoms with E-state index in [1.165, 1.54) is 0 Å². The molecule has 2 heteroatoms. The molecule has 19 heavy (non-hydrogen) atoms. The maximum atomic E-state index is 10.1. The molecule has 2 nitrogen and oxygen atoms in total. The van der Waals surface area contributed by atoms with Crippen LogP contribution in [0.4, 0.5) is 5.69 Å². The van der Waals surface area contributed by atoms with Gasteiger partial charge in [0.15, 0.2) is 0 Å². The fraction of sp³-hybridized carbons (Fsp3) is 0.0588. The van der Waals surface area contributed by atoms with E-state index in [9.17, 15) is 5.11 Å². The second-order valence-corrected chi connectivity index (χ2v) is 4.66. The first-order valence-corrected chi connectivity index (χ1v) is 6.28. The third kappa shape index (κ3) is 2.13. The van der Waals surface area contributed by atoms with Crippen molar-refractivity contribution in [3.63, 3.8) is 0 Å². The maximum Gasteiger partial charge on any atom is 0.119 e. The lowest BCUT2D eigenvalue weighted by atomic mass is 9.97. The van der Waals surface area contributed by atoms with Crippen LogP contribution in [-0.4, -0.2) is 5.11 Å². The molecule has 0 saturated heterocycles. The predicted octanol–water partition coefficient (Wildman–Crippen LogP) is 3.72. The Morgan fingerprint density at radius 2 is 1.58 bits per heavy atom. The summed E-state index contributed by atoms with van der Waals surface area (Å²) in [5, 5.41) is 12.3. The van der Waals surface area contributed by atoms with Crippen LogP contribution in [0.3, 0.4) is 0 Å².